The zero-order valence-corrected chi connectivity index (χ0v) is 16.2. The van der Waals surface area contributed by atoms with Crippen molar-refractivity contribution in [2.45, 2.75) is 31.0 Å². The molecule has 3 aromatic rings. The van der Waals surface area contributed by atoms with Crippen LogP contribution in [0.2, 0.25) is 0 Å². The monoisotopic (exact) mass is 401 g/mol. The van der Waals surface area contributed by atoms with Gasteiger partial charge in [-0.05, 0) is 26.0 Å². The average Bonchev–Trinajstić information content (AvgIpc) is 3.29. The molecule has 0 saturated carbocycles. The van der Waals surface area contributed by atoms with E-state index in [1.807, 2.05) is 0 Å². The van der Waals surface area contributed by atoms with E-state index in [0.29, 0.717) is 41.9 Å². The molecule has 5 heterocycles. The Bertz CT molecular complexity index is 1010. The molecule has 2 saturated heterocycles. The molecule has 0 radical (unpaired) electrons. The van der Waals surface area contributed by atoms with Crippen LogP contribution in [0.4, 0.5) is 4.39 Å². The number of nitrogens with zero attached hydrogens (tertiary/aromatic N) is 4. The van der Waals surface area contributed by atoms with Crippen molar-refractivity contribution >= 4 is 28.3 Å². The van der Waals surface area contributed by atoms with Gasteiger partial charge in [0.05, 0.1) is 36.7 Å². The molecule has 3 atom stereocenters. The number of hydrogen-bond acceptors (Lipinski definition) is 6. The summed E-state index contributed by atoms with van der Waals surface area (Å²) < 4.78 is 21.3. The minimum atomic E-state index is -0.463. The highest BCUT2D eigenvalue weighted by Gasteiger charge is 2.37. The number of pyridine rings is 1. The number of carbonyl (C=O) groups excluding carboxylic acids is 1. The number of hydrogen-bond donors (Lipinski definition) is 1. The molecule has 0 unspecified atom stereocenters. The molecule has 3 aromatic heterocycles. The van der Waals surface area contributed by atoms with Gasteiger partial charge in [0.15, 0.2) is 0 Å². The quantitative estimate of drug-likeness (QED) is 0.729. The van der Waals surface area contributed by atoms with Crippen LogP contribution in [0.1, 0.15) is 23.2 Å². The van der Waals surface area contributed by atoms with Crippen molar-refractivity contribution < 1.29 is 13.9 Å². The molecule has 28 heavy (non-hydrogen) atoms. The Morgan fingerprint density at radius 1 is 1.32 bits per heavy atom. The zero-order valence-electron chi connectivity index (χ0n) is 15.3. The number of rotatable bonds is 3. The van der Waals surface area contributed by atoms with Crippen molar-refractivity contribution in [2.75, 3.05) is 20.3 Å². The maximum Gasteiger partial charge on any atom is 0.253 e. The summed E-state index contributed by atoms with van der Waals surface area (Å²) in [7, 11) is 2.12. The Morgan fingerprint density at radius 3 is 2.82 bits per heavy atom. The highest BCUT2D eigenvalue weighted by molar-refractivity contribution is 7.12. The fraction of sp³-hybridized carbons (Fsp3) is 0.421. The third kappa shape index (κ3) is 2.99. The van der Waals surface area contributed by atoms with Gasteiger partial charge < -0.3 is 10.1 Å². The Balaban J connectivity index is 1.46. The second-order valence-electron chi connectivity index (χ2n) is 7.43. The second kappa shape index (κ2) is 6.91. The number of thiazole rings is 1. The van der Waals surface area contributed by atoms with Crippen LogP contribution in [0.3, 0.4) is 0 Å². The SMILES string of the molecule is CN1[C@@H]2COC[C@H]1C[C@@H](NC(=O)c1cn(-c3cncs3)c3ncc(F)cc13)C2. The molecule has 1 N–H and O–H groups in total. The number of likely N-dealkylation sites (N-methyl/N-ethyl adjacent to an activating group) is 1. The van der Waals surface area contributed by atoms with Gasteiger partial charge in [0.1, 0.15) is 16.5 Å². The van der Waals surface area contributed by atoms with Gasteiger partial charge in [0.25, 0.3) is 5.91 Å². The number of halogens is 1. The Kier molecular flexibility index (Phi) is 4.37. The lowest BCUT2D eigenvalue weighted by atomic mass is 9.90. The lowest BCUT2D eigenvalue weighted by molar-refractivity contribution is -0.0670. The minimum Gasteiger partial charge on any atom is -0.378 e. The van der Waals surface area contributed by atoms with Gasteiger partial charge in [-0.15, -0.1) is 11.3 Å². The fourth-order valence-electron chi connectivity index (χ4n) is 4.24. The van der Waals surface area contributed by atoms with Crippen LogP contribution in [0.25, 0.3) is 16.0 Å². The summed E-state index contributed by atoms with van der Waals surface area (Å²) in [6.07, 6.45) is 6.28. The first-order valence-electron chi connectivity index (χ1n) is 9.26. The highest BCUT2D eigenvalue weighted by atomic mass is 32.1. The number of fused-ring (bicyclic) bond motifs is 3. The van der Waals surface area contributed by atoms with E-state index in [1.54, 1.807) is 22.5 Å². The molecular weight excluding hydrogens is 381 g/mol. The lowest BCUT2D eigenvalue weighted by Crippen LogP contribution is -2.59. The zero-order chi connectivity index (χ0) is 19.3. The molecule has 7 nitrogen and oxygen atoms in total. The Hall–Kier alpha value is -2.36. The van der Waals surface area contributed by atoms with Crippen molar-refractivity contribution in [3.8, 4) is 5.00 Å². The second-order valence-corrected chi connectivity index (χ2v) is 8.29. The van der Waals surface area contributed by atoms with E-state index >= 15 is 0 Å². The summed E-state index contributed by atoms with van der Waals surface area (Å²) in [5.41, 5.74) is 2.68. The lowest BCUT2D eigenvalue weighted by Gasteiger charge is -2.46. The van der Waals surface area contributed by atoms with Crippen molar-refractivity contribution in [1.29, 1.82) is 0 Å². The van der Waals surface area contributed by atoms with Crippen LogP contribution < -0.4 is 5.32 Å². The van der Waals surface area contributed by atoms with E-state index in [-0.39, 0.29) is 11.9 Å². The fourth-order valence-corrected chi connectivity index (χ4v) is 4.84. The molecule has 2 aliphatic rings. The van der Waals surface area contributed by atoms with E-state index < -0.39 is 5.82 Å². The topological polar surface area (TPSA) is 72.3 Å². The van der Waals surface area contributed by atoms with Crippen molar-refractivity contribution in [2.24, 2.45) is 0 Å². The number of piperidine rings is 1. The van der Waals surface area contributed by atoms with Crippen LogP contribution in [-0.4, -0.2) is 63.7 Å². The van der Waals surface area contributed by atoms with Gasteiger partial charge in [-0.1, -0.05) is 0 Å². The van der Waals surface area contributed by atoms with Gasteiger partial charge in [0, 0.05) is 29.7 Å². The number of morpholine rings is 1. The molecule has 2 bridgehead atoms. The van der Waals surface area contributed by atoms with E-state index in [0.717, 1.165) is 17.8 Å². The first kappa shape index (κ1) is 17.7. The molecule has 0 aliphatic carbocycles. The van der Waals surface area contributed by atoms with E-state index in [2.05, 4.69) is 27.2 Å². The molecule has 2 fully saturated rings. The summed E-state index contributed by atoms with van der Waals surface area (Å²) in [5.74, 6) is -0.663. The van der Waals surface area contributed by atoms with Gasteiger partial charge >= 0.3 is 0 Å². The predicted molar refractivity (Wildman–Crippen MR) is 103 cm³/mol. The summed E-state index contributed by atoms with van der Waals surface area (Å²) in [4.78, 5) is 23.7. The number of aromatic nitrogens is 3. The largest absolute Gasteiger partial charge is 0.378 e. The summed E-state index contributed by atoms with van der Waals surface area (Å²) in [5, 5.41) is 4.49. The predicted octanol–water partition coefficient (Wildman–Crippen LogP) is 2.21. The third-order valence-electron chi connectivity index (χ3n) is 5.73. The molecular formula is C19H20FN5O2S. The average molecular weight is 401 g/mol. The van der Waals surface area contributed by atoms with Crippen LogP contribution >= 0.6 is 11.3 Å². The maximum atomic E-state index is 13.9. The smallest absolute Gasteiger partial charge is 0.253 e. The van der Waals surface area contributed by atoms with Gasteiger partial charge in [0.2, 0.25) is 0 Å². The minimum absolute atomic E-state index is 0.0749. The molecule has 0 aromatic carbocycles. The Labute approximate surface area is 165 Å². The Morgan fingerprint density at radius 2 is 2.11 bits per heavy atom. The molecule has 9 heteroatoms. The van der Waals surface area contributed by atoms with E-state index in [1.165, 1.54) is 23.6 Å². The molecule has 0 spiro atoms. The van der Waals surface area contributed by atoms with Crippen LogP contribution in [0.15, 0.2) is 30.2 Å². The van der Waals surface area contributed by atoms with Crippen LogP contribution in [0, 0.1) is 5.82 Å². The molecule has 2 aliphatic heterocycles. The van der Waals surface area contributed by atoms with Gasteiger partial charge in [-0.3, -0.25) is 19.2 Å². The summed E-state index contributed by atoms with van der Waals surface area (Å²) >= 11 is 1.43. The van der Waals surface area contributed by atoms with Crippen LogP contribution in [-0.2, 0) is 4.74 Å². The normalized spacial score (nSPS) is 25.1. The third-order valence-corrected chi connectivity index (χ3v) is 6.50. The van der Waals surface area contributed by atoms with Crippen molar-refractivity contribution in [3.05, 3.63) is 41.5 Å². The first-order chi connectivity index (χ1) is 13.6. The van der Waals surface area contributed by atoms with Gasteiger partial charge in [-0.2, -0.15) is 0 Å². The highest BCUT2D eigenvalue weighted by Crippen LogP contribution is 2.28. The number of amides is 1. The number of carbonyl (C=O) groups is 1. The number of nitrogens with one attached hydrogen (secondary N) is 1. The van der Waals surface area contributed by atoms with E-state index in [4.69, 9.17) is 4.74 Å². The summed E-state index contributed by atoms with van der Waals surface area (Å²) in [6, 6.07) is 2.07. The van der Waals surface area contributed by atoms with Crippen molar-refractivity contribution in [1.82, 2.24) is 24.8 Å². The number of ether oxygens (including phenoxy) is 1. The standard InChI is InChI=1S/C19H20FN5O2S/c1-24-13-3-12(4-14(24)9-27-8-13)23-19(26)16-7-25(17-6-21-10-28-17)18-15(16)2-11(20)5-22-18/h2,5-7,10,12-14H,3-4,8-9H2,1H3,(H,23,26)/t12-,13-,14+. The van der Waals surface area contributed by atoms with Crippen LogP contribution in [0.5, 0.6) is 0 Å². The maximum absolute atomic E-state index is 13.9. The molecule has 5 rings (SSSR count). The van der Waals surface area contributed by atoms with Gasteiger partial charge in [-0.25, -0.2) is 9.37 Å². The molecule has 1 amide bonds. The van der Waals surface area contributed by atoms with E-state index in [9.17, 15) is 9.18 Å². The molecule has 146 valence electrons. The summed E-state index contributed by atoms with van der Waals surface area (Å²) in [6.45, 7) is 1.39. The van der Waals surface area contributed by atoms with Crippen molar-refractivity contribution in [3.63, 3.8) is 0 Å². The first-order valence-corrected chi connectivity index (χ1v) is 10.1.